The SMILES string of the molecule is CCNc1c(CN(C)CC(C)CC)cccc1[N+](=O)[O-]. The van der Waals surface area contributed by atoms with Gasteiger partial charge in [-0.3, -0.25) is 10.1 Å². The Bertz CT molecular complexity index is 449. The Morgan fingerprint density at radius 3 is 2.65 bits per heavy atom. The van der Waals surface area contributed by atoms with Gasteiger partial charge in [0, 0.05) is 25.7 Å². The standard InChI is InChI=1S/C15H25N3O2/c1-5-12(3)10-17(4)11-13-8-7-9-14(18(19)20)15(13)16-6-2/h7-9,12,16H,5-6,10-11H2,1-4H3. The lowest BCUT2D eigenvalue weighted by atomic mass is 10.1. The summed E-state index contributed by atoms with van der Waals surface area (Å²) in [5.74, 6) is 0.626. The summed E-state index contributed by atoms with van der Waals surface area (Å²) < 4.78 is 0. The molecule has 0 aliphatic carbocycles. The van der Waals surface area contributed by atoms with Crippen molar-refractivity contribution in [1.29, 1.82) is 0 Å². The molecule has 0 radical (unpaired) electrons. The van der Waals surface area contributed by atoms with E-state index in [0.717, 1.165) is 18.5 Å². The molecule has 0 aromatic heterocycles. The van der Waals surface area contributed by atoms with Crippen molar-refractivity contribution in [2.24, 2.45) is 5.92 Å². The predicted octanol–water partition coefficient (Wildman–Crippen LogP) is 3.50. The zero-order valence-electron chi connectivity index (χ0n) is 12.8. The molecule has 1 atom stereocenters. The predicted molar refractivity (Wildman–Crippen MR) is 83.0 cm³/mol. The van der Waals surface area contributed by atoms with Crippen molar-refractivity contribution >= 4 is 11.4 Å². The number of hydrogen-bond acceptors (Lipinski definition) is 4. The van der Waals surface area contributed by atoms with Crippen LogP contribution in [0.1, 0.15) is 32.8 Å². The molecule has 0 bridgehead atoms. The summed E-state index contributed by atoms with van der Waals surface area (Å²) in [5.41, 5.74) is 1.78. The van der Waals surface area contributed by atoms with E-state index >= 15 is 0 Å². The van der Waals surface area contributed by atoms with Crippen LogP contribution < -0.4 is 5.32 Å². The van der Waals surface area contributed by atoms with Crippen LogP contribution in [0.3, 0.4) is 0 Å². The lowest BCUT2D eigenvalue weighted by Gasteiger charge is -2.22. The third-order valence-electron chi connectivity index (χ3n) is 3.44. The first-order valence-electron chi connectivity index (χ1n) is 7.18. The third-order valence-corrected chi connectivity index (χ3v) is 3.44. The molecule has 5 nitrogen and oxygen atoms in total. The van der Waals surface area contributed by atoms with Crippen molar-refractivity contribution in [3.05, 3.63) is 33.9 Å². The Balaban J connectivity index is 2.93. The molecule has 0 spiro atoms. The molecule has 0 heterocycles. The van der Waals surface area contributed by atoms with Gasteiger partial charge in [0.1, 0.15) is 5.69 Å². The molecule has 0 aliphatic heterocycles. The van der Waals surface area contributed by atoms with Gasteiger partial charge in [-0.15, -0.1) is 0 Å². The minimum atomic E-state index is -0.323. The monoisotopic (exact) mass is 279 g/mol. The second kappa shape index (κ2) is 7.85. The van der Waals surface area contributed by atoms with Gasteiger partial charge in [0.15, 0.2) is 0 Å². The second-order valence-corrected chi connectivity index (χ2v) is 5.31. The molecule has 0 aliphatic rings. The molecule has 1 unspecified atom stereocenters. The van der Waals surface area contributed by atoms with Gasteiger partial charge in [-0.2, -0.15) is 0 Å². The summed E-state index contributed by atoms with van der Waals surface area (Å²) in [5, 5.41) is 14.2. The normalized spacial score (nSPS) is 12.4. The number of para-hydroxylation sites is 1. The number of nitro benzene ring substituents is 1. The molecule has 1 N–H and O–H groups in total. The summed E-state index contributed by atoms with van der Waals surface area (Å²) in [4.78, 5) is 13.0. The van der Waals surface area contributed by atoms with Crippen molar-refractivity contribution < 1.29 is 4.92 Å². The maximum Gasteiger partial charge on any atom is 0.292 e. The minimum Gasteiger partial charge on any atom is -0.380 e. The van der Waals surface area contributed by atoms with Crippen LogP contribution in [0.15, 0.2) is 18.2 Å². The molecule has 1 rings (SSSR count). The van der Waals surface area contributed by atoms with E-state index in [9.17, 15) is 10.1 Å². The van der Waals surface area contributed by atoms with E-state index in [-0.39, 0.29) is 10.6 Å². The van der Waals surface area contributed by atoms with Crippen LogP contribution in [-0.4, -0.2) is 30.0 Å². The van der Waals surface area contributed by atoms with E-state index in [1.807, 2.05) is 13.0 Å². The van der Waals surface area contributed by atoms with Gasteiger partial charge >= 0.3 is 0 Å². The largest absolute Gasteiger partial charge is 0.380 e. The van der Waals surface area contributed by atoms with Crippen LogP contribution in [-0.2, 0) is 6.54 Å². The van der Waals surface area contributed by atoms with Crippen LogP contribution in [0.4, 0.5) is 11.4 Å². The molecule has 0 amide bonds. The van der Waals surface area contributed by atoms with Crippen molar-refractivity contribution in [2.45, 2.75) is 33.7 Å². The number of nitrogens with one attached hydrogen (secondary N) is 1. The number of anilines is 1. The fourth-order valence-corrected chi connectivity index (χ4v) is 2.27. The molecule has 20 heavy (non-hydrogen) atoms. The van der Waals surface area contributed by atoms with E-state index in [1.54, 1.807) is 12.1 Å². The number of hydrogen-bond donors (Lipinski definition) is 1. The Kier molecular flexibility index (Phi) is 6.45. The first-order chi connectivity index (χ1) is 9.49. The molecule has 1 aromatic carbocycles. The van der Waals surface area contributed by atoms with Crippen molar-refractivity contribution in [3.8, 4) is 0 Å². The molecule has 0 saturated carbocycles. The molecule has 0 saturated heterocycles. The van der Waals surface area contributed by atoms with Gasteiger partial charge < -0.3 is 10.2 Å². The highest BCUT2D eigenvalue weighted by molar-refractivity contribution is 5.66. The summed E-state index contributed by atoms with van der Waals surface area (Å²) in [6.07, 6.45) is 1.14. The topological polar surface area (TPSA) is 58.4 Å². The van der Waals surface area contributed by atoms with E-state index < -0.39 is 0 Å². The van der Waals surface area contributed by atoms with E-state index in [2.05, 4.69) is 31.1 Å². The summed E-state index contributed by atoms with van der Waals surface area (Å²) in [6, 6.07) is 5.26. The quantitative estimate of drug-likeness (QED) is 0.584. The minimum absolute atomic E-state index is 0.154. The van der Waals surface area contributed by atoms with E-state index in [0.29, 0.717) is 24.7 Å². The first-order valence-corrected chi connectivity index (χ1v) is 7.18. The molecule has 5 heteroatoms. The van der Waals surface area contributed by atoms with Crippen LogP contribution in [0.2, 0.25) is 0 Å². The number of nitrogens with zero attached hydrogens (tertiary/aromatic N) is 2. The first kappa shape index (κ1) is 16.4. The average molecular weight is 279 g/mol. The molecule has 112 valence electrons. The lowest BCUT2D eigenvalue weighted by Crippen LogP contribution is -2.24. The average Bonchev–Trinajstić information content (AvgIpc) is 2.40. The smallest absolute Gasteiger partial charge is 0.292 e. The highest BCUT2D eigenvalue weighted by Crippen LogP contribution is 2.29. The van der Waals surface area contributed by atoms with Crippen molar-refractivity contribution in [1.82, 2.24) is 4.90 Å². The number of rotatable bonds is 8. The summed E-state index contributed by atoms with van der Waals surface area (Å²) >= 11 is 0. The Morgan fingerprint density at radius 1 is 1.40 bits per heavy atom. The zero-order valence-corrected chi connectivity index (χ0v) is 12.8. The molecular weight excluding hydrogens is 254 g/mol. The van der Waals surface area contributed by atoms with E-state index in [1.165, 1.54) is 0 Å². The second-order valence-electron chi connectivity index (χ2n) is 5.31. The molecular formula is C15H25N3O2. The van der Waals surface area contributed by atoms with Gasteiger partial charge in [-0.05, 0) is 25.5 Å². The number of benzene rings is 1. The van der Waals surface area contributed by atoms with Crippen LogP contribution in [0.25, 0.3) is 0 Å². The fourth-order valence-electron chi connectivity index (χ4n) is 2.27. The molecule has 1 aromatic rings. The highest BCUT2D eigenvalue weighted by Gasteiger charge is 2.17. The Labute approximate surface area is 121 Å². The van der Waals surface area contributed by atoms with Gasteiger partial charge in [-0.25, -0.2) is 0 Å². The maximum atomic E-state index is 11.1. The molecule has 0 fully saturated rings. The van der Waals surface area contributed by atoms with Gasteiger partial charge in [-0.1, -0.05) is 32.4 Å². The van der Waals surface area contributed by atoms with Crippen molar-refractivity contribution in [3.63, 3.8) is 0 Å². The Hall–Kier alpha value is -1.62. The third kappa shape index (κ3) is 4.49. The van der Waals surface area contributed by atoms with Crippen LogP contribution >= 0.6 is 0 Å². The van der Waals surface area contributed by atoms with Gasteiger partial charge in [0.05, 0.1) is 4.92 Å². The van der Waals surface area contributed by atoms with Gasteiger partial charge in [0.25, 0.3) is 5.69 Å². The lowest BCUT2D eigenvalue weighted by molar-refractivity contribution is -0.384. The fraction of sp³-hybridized carbons (Fsp3) is 0.600. The van der Waals surface area contributed by atoms with Gasteiger partial charge in [0.2, 0.25) is 0 Å². The Morgan fingerprint density at radius 2 is 2.10 bits per heavy atom. The van der Waals surface area contributed by atoms with Crippen LogP contribution in [0, 0.1) is 16.0 Å². The zero-order chi connectivity index (χ0) is 15.1. The summed E-state index contributed by atoms with van der Waals surface area (Å²) in [7, 11) is 2.06. The highest BCUT2D eigenvalue weighted by atomic mass is 16.6. The number of nitro groups is 1. The van der Waals surface area contributed by atoms with E-state index in [4.69, 9.17) is 0 Å². The van der Waals surface area contributed by atoms with Crippen molar-refractivity contribution in [2.75, 3.05) is 25.5 Å². The maximum absolute atomic E-state index is 11.1. The summed E-state index contributed by atoms with van der Waals surface area (Å²) in [6.45, 7) is 8.72. The van der Waals surface area contributed by atoms with Crippen LogP contribution in [0.5, 0.6) is 0 Å².